The van der Waals surface area contributed by atoms with Gasteiger partial charge in [0.1, 0.15) is 19.3 Å². The number of aromatic nitrogens is 2. The van der Waals surface area contributed by atoms with Crippen molar-refractivity contribution in [3.8, 4) is 0 Å². The molecule has 1 aromatic heterocycles. The number of anilines is 2. The van der Waals surface area contributed by atoms with Gasteiger partial charge in [-0.2, -0.15) is 18.2 Å². The fourth-order valence-corrected chi connectivity index (χ4v) is 5.52. The number of alkyl halides is 3. The summed E-state index contributed by atoms with van der Waals surface area (Å²) in [5.41, 5.74) is 2.26. The Morgan fingerprint density at radius 1 is 1.20 bits per heavy atom. The molecule has 1 unspecified atom stereocenters. The number of hydrogen-bond acceptors (Lipinski definition) is 8. The molecule has 41 heavy (non-hydrogen) atoms. The van der Waals surface area contributed by atoms with Gasteiger partial charge in [-0.25, -0.2) is 4.98 Å². The molecule has 5 rings (SSSR count). The molecule has 2 aliphatic heterocycles. The minimum atomic E-state index is -4.55. The van der Waals surface area contributed by atoms with Gasteiger partial charge in [0.25, 0.3) is 5.91 Å². The van der Waals surface area contributed by atoms with Gasteiger partial charge in [-0.1, -0.05) is 12.1 Å². The lowest BCUT2D eigenvalue weighted by molar-refractivity contribution is -0.138. The molecular formula is C29H36F3N7O2. The summed E-state index contributed by atoms with van der Waals surface area (Å²) in [5.74, 6) is 0.725. The standard InChI is InChI=1S/C29H36F3N7O2/c1-19-6-9-23(13-25(19)39-16-22-14-34-28(33-2)36-26(22)37(3)17-41-18-39)35-27(40)20-7-8-21(15-38-10-4-5-11-38)24(12-20)29(30,31)32/h6-8,12-14,23H,4-5,9-11,15-18H2,1-3H3,(H,35,40)(H,33,34,36). The van der Waals surface area contributed by atoms with E-state index in [0.29, 0.717) is 32.4 Å². The predicted octanol–water partition coefficient (Wildman–Crippen LogP) is 4.35. The molecule has 1 aliphatic carbocycles. The normalized spacial score (nSPS) is 20.1. The molecular weight excluding hydrogens is 535 g/mol. The molecule has 1 amide bonds. The number of hydrogen-bond donors (Lipinski definition) is 2. The zero-order chi connectivity index (χ0) is 29.1. The molecule has 0 bridgehead atoms. The number of carbonyl (C=O) groups excluding carboxylic acids is 1. The number of allylic oxidation sites excluding steroid dienone is 1. The second kappa shape index (κ2) is 12.1. The van der Waals surface area contributed by atoms with Crippen LogP contribution in [-0.4, -0.2) is 72.4 Å². The van der Waals surface area contributed by atoms with Crippen LogP contribution in [0.3, 0.4) is 0 Å². The number of ether oxygens (including phenoxy) is 1. The Morgan fingerprint density at radius 2 is 1.98 bits per heavy atom. The van der Waals surface area contributed by atoms with Crippen LogP contribution in [0.1, 0.15) is 53.2 Å². The predicted molar refractivity (Wildman–Crippen MR) is 150 cm³/mol. The van der Waals surface area contributed by atoms with Crippen molar-refractivity contribution < 1.29 is 22.7 Å². The molecule has 0 saturated carbocycles. The molecule has 0 radical (unpaired) electrons. The monoisotopic (exact) mass is 571 g/mol. The van der Waals surface area contributed by atoms with Gasteiger partial charge in [0.15, 0.2) is 0 Å². The minimum absolute atomic E-state index is 0.00670. The highest BCUT2D eigenvalue weighted by atomic mass is 19.4. The summed E-state index contributed by atoms with van der Waals surface area (Å²) in [7, 11) is 3.66. The number of carbonyl (C=O) groups is 1. The van der Waals surface area contributed by atoms with E-state index in [2.05, 4.69) is 20.6 Å². The molecule has 12 heteroatoms. The molecule has 3 aliphatic rings. The van der Waals surface area contributed by atoms with Crippen LogP contribution in [0.15, 0.2) is 47.8 Å². The summed E-state index contributed by atoms with van der Waals surface area (Å²) in [5, 5.41) is 5.87. The van der Waals surface area contributed by atoms with Crippen LogP contribution in [0.5, 0.6) is 0 Å². The van der Waals surface area contributed by atoms with Crippen LogP contribution in [0, 0.1) is 0 Å². The van der Waals surface area contributed by atoms with Crippen molar-refractivity contribution in [3.63, 3.8) is 0 Å². The molecule has 1 saturated heterocycles. The lowest BCUT2D eigenvalue weighted by Crippen LogP contribution is -2.38. The zero-order valence-corrected chi connectivity index (χ0v) is 23.6. The van der Waals surface area contributed by atoms with Crippen LogP contribution in [0.25, 0.3) is 0 Å². The molecule has 0 spiro atoms. The van der Waals surface area contributed by atoms with E-state index < -0.39 is 23.7 Å². The molecule has 9 nitrogen and oxygen atoms in total. The third-order valence-corrected chi connectivity index (χ3v) is 7.69. The third kappa shape index (κ3) is 6.65. The average Bonchev–Trinajstić information content (AvgIpc) is 3.45. The Bertz CT molecular complexity index is 1340. The van der Waals surface area contributed by atoms with E-state index in [0.717, 1.165) is 54.6 Å². The average molecular weight is 572 g/mol. The maximum atomic E-state index is 14.0. The molecule has 3 heterocycles. The summed E-state index contributed by atoms with van der Waals surface area (Å²) >= 11 is 0. The van der Waals surface area contributed by atoms with E-state index in [9.17, 15) is 18.0 Å². The Hall–Kier alpha value is -3.64. The van der Waals surface area contributed by atoms with E-state index in [1.165, 1.54) is 12.1 Å². The second-order valence-corrected chi connectivity index (χ2v) is 10.8. The van der Waals surface area contributed by atoms with E-state index in [1.54, 1.807) is 13.2 Å². The SMILES string of the molecule is CNc1ncc2c(n1)N(C)COCN(C1=CC(NC(=O)c3ccc(CN4CCCC4)c(C(F)(F)F)c3)CC=C1C)C2. The number of benzene rings is 1. The fourth-order valence-electron chi connectivity index (χ4n) is 5.52. The van der Waals surface area contributed by atoms with Crippen LogP contribution in [-0.2, 0) is 24.0 Å². The summed E-state index contributed by atoms with van der Waals surface area (Å²) in [6.45, 7) is 4.92. The molecule has 1 aromatic carbocycles. The number of rotatable bonds is 6. The Balaban J connectivity index is 1.34. The topological polar surface area (TPSA) is 85.9 Å². The number of nitrogens with one attached hydrogen (secondary N) is 2. The number of amides is 1. The minimum Gasteiger partial charge on any atom is -0.357 e. The number of fused-ring (bicyclic) bond motifs is 1. The first-order chi connectivity index (χ1) is 19.6. The molecule has 1 fully saturated rings. The van der Waals surface area contributed by atoms with Crippen LogP contribution in [0.4, 0.5) is 24.9 Å². The zero-order valence-electron chi connectivity index (χ0n) is 23.6. The quantitative estimate of drug-likeness (QED) is 0.530. The largest absolute Gasteiger partial charge is 0.416 e. The van der Waals surface area contributed by atoms with E-state index in [1.807, 2.05) is 40.8 Å². The van der Waals surface area contributed by atoms with Gasteiger partial charge in [-0.3, -0.25) is 9.69 Å². The van der Waals surface area contributed by atoms with Crippen LogP contribution in [0.2, 0.25) is 0 Å². The molecule has 2 N–H and O–H groups in total. The number of nitrogens with zero attached hydrogens (tertiary/aromatic N) is 5. The lowest BCUT2D eigenvalue weighted by Gasteiger charge is -2.35. The van der Waals surface area contributed by atoms with Gasteiger partial charge in [0.2, 0.25) is 5.95 Å². The highest BCUT2D eigenvalue weighted by Gasteiger charge is 2.35. The molecule has 220 valence electrons. The van der Waals surface area contributed by atoms with Crippen LogP contribution < -0.4 is 15.5 Å². The third-order valence-electron chi connectivity index (χ3n) is 7.69. The first-order valence-corrected chi connectivity index (χ1v) is 13.8. The highest BCUT2D eigenvalue weighted by molar-refractivity contribution is 5.95. The van der Waals surface area contributed by atoms with Gasteiger partial charge in [0, 0.05) is 43.7 Å². The van der Waals surface area contributed by atoms with Crippen molar-refractivity contribution in [2.75, 3.05) is 50.9 Å². The van der Waals surface area contributed by atoms with Gasteiger partial charge < -0.3 is 25.2 Å². The first kappa shape index (κ1) is 28.9. The smallest absolute Gasteiger partial charge is 0.357 e. The van der Waals surface area contributed by atoms with Gasteiger partial charge in [-0.15, -0.1) is 0 Å². The summed E-state index contributed by atoms with van der Waals surface area (Å²) < 4.78 is 47.8. The summed E-state index contributed by atoms with van der Waals surface area (Å²) in [4.78, 5) is 28.1. The van der Waals surface area contributed by atoms with Crippen molar-refractivity contribution in [3.05, 3.63) is 70.1 Å². The number of halogens is 3. The van der Waals surface area contributed by atoms with E-state index in [4.69, 9.17) is 4.74 Å². The van der Waals surface area contributed by atoms with Gasteiger partial charge in [-0.05, 0) is 68.6 Å². The van der Waals surface area contributed by atoms with Gasteiger partial charge in [0.05, 0.1) is 18.2 Å². The van der Waals surface area contributed by atoms with Gasteiger partial charge >= 0.3 is 6.18 Å². The van der Waals surface area contributed by atoms with E-state index >= 15 is 0 Å². The highest BCUT2D eigenvalue weighted by Crippen LogP contribution is 2.34. The summed E-state index contributed by atoms with van der Waals surface area (Å²) in [6.07, 6.45) is 3.72. The first-order valence-electron chi connectivity index (χ1n) is 13.8. The Labute approximate surface area is 238 Å². The maximum Gasteiger partial charge on any atom is 0.416 e. The maximum absolute atomic E-state index is 14.0. The molecule has 2 aromatic rings. The van der Waals surface area contributed by atoms with Crippen molar-refractivity contribution in [2.24, 2.45) is 0 Å². The second-order valence-electron chi connectivity index (χ2n) is 10.8. The Morgan fingerprint density at radius 3 is 2.71 bits per heavy atom. The molecule has 1 atom stereocenters. The lowest BCUT2D eigenvalue weighted by atomic mass is 9.98. The van der Waals surface area contributed by atoms with Crippen molar-refractivity contribution in [2.45, 2.75) is 51.5 Å². The van der Waals surface area contributed by atoms with Crippen molar-refractivity contribution in [1.29, 1.82) is 0 Å². The fraction of sp³-hybridized carbons (Fsp3) is 0.483. The van der Waals surface area contributed by atoms with E-state index in [-0.39, 0.29) is 17.7 Å². The number of likely N-dealkylation sites (tertiary alicyclic amines) is 1. The van der Waals surface area contributed by atoms with Crippen molar-refractivity contribution >= 4 is 17.7 Å². The van der Waals surface area contributed by atoms with Crippen molar-refractivity contribution in [1.82, 2.24) is 25.1 Å². The van der Waals surface area contributed by atoms with Crippen LogP contribution >= 0.6 is 0 Å². The Kier molecular flexibility index (Phi) is 8.50. The summed E-state index contributed by atoms with van der Waals surface area (Å²) in [6, 6.07) is 3.52.